The number of nitrogens with zero attached hydrogens (tertiary/aromatic N) is 2. The van der Waals surface area contributed by atoms with Crippen LogP contribution >= 0.6 is 11.6 Å². The van der Waals surface area contributed by atoms with Crippen LogP contribution in [0.15, 0.2) is 54.6 Å². The van der Waals surface area contributed by atoms with Crippen LogP contribution < -0.4 is 0 Å². The molecule has 1 atom stereocenters. The van der Waals surface area contributed by atoms with Crippen molar-refractivity contribution in [2.24, 2.45) is 5.92 Å². The Morgan fingerprint density at radius 2 is 2.00 bits per heavy atom. The summed E-state index contributed by atoms with van der Waals surface area (Å²) in [6, 6.07) is 18.2. The number of fused-ring (bicyclic) bond motifs is 1. The summed E-state index contributed by atoms with van der Waals surface area (Å²) in [7, 11) is 0. The van der Waals surface area contributed by atoms with E-state index in [0.717, 1.165) is 55.1 Å². The van der Waals surface area contributed by atoms with Crippen LogP contribution in [0.1, 0.15) is 35.8 Å². The van der Waals surface area contributed by atoms with Crippen molar-refractivity contribution in [3.05, 3.63) is 70.9 Å². The minimum Gasteiger partial charge on any atom is -0.351 e. The monoisotopic (exact) mass is 423 g/mol. The number of halogens is 1. The Kier molecular flexibility index (Phi) is 6.76. The molecule has 1 unspecified atom stereocenters. The number of hydrogen-bond donors (Lipinski definition) is 1. The molecule has 5 heteroatoms. The van der Waals surface area contributed by atoms with Crippen LogP contribution in [-0.2, 0) is 6.42 Å². The third kappa shape index (κ3) is 5.05. The van der Waals surface area contributed by atoms with Gasteiger partial charge in [0.2, 0.25) is 0 Å². The minimum absolute atomic E-state index is 0.104. The molecule has 4 nitrogen and oxygen atoms in total. The van der Waals surface area contributed by atoms with Crippen molar-refractivity contribution < 1.29 is 4.79 Å². The molecule has 2 heterocycles. The van der Waals surface area contributed by atoms with Crippen molar-refractivity contribution >= 4 is 28.4 Å². The molecule has 2 aromatic carbocycles. The van der Waals surface area contributed by atoms with Crippen LogP contribution in [0.2, 0.25) is 5.02 Å². The second-order valence-electron chi connectivity index (χ2n) is 8.30. The highest BCUT2D eigenvalue weighted by molar-refractivity contribution is 6.30. The fourth-order valence-corrected chi connectivity index (χ4v) is 4.59. The van der Waals surface area contributed by atoms with Gasteiger partial charge in [-0.2, -0.15) is 0 Å². The van der Waals surface area contributed by atoms with Gasteiger partial charge in [-0.15, -0.1) is 0 Å². The van der Waals surface area contributed by atoms with Crippen LogP contribution in [0.4, 0.5) is 0 Å². The lowest BCUT2D eigenvalue weighted by Crippen LogP contribution is -2.43. The zero-order valence-electron chi connectivity index (χ0n) is 17.6. The number of carbonyl (C=O) groups excluding carboxylic acids is 1. The molecule has 0 aliphatic carbocycles. The molecule has 30 heavy (non-hydrogen) atoms. The van der Waals surface area contributed by atoms with E-state index in [1.807, 2.05) is 47.4 Å². The summed E-state index contributed by atoms with van der Waals surface area (Å²) in [6.07, 6.45) is 3.42. The second-order valence-corrected chi connectivity index (χ2v) is 8.74. The fraction of sp³-hybridized carbons (Fsp3) is 0.400. The molecule has 1 amide bonds. The van der Waals surface area contributed by atoms with Crippen molar-refractivity contribution in [2.75, 3.05) is 32.7 Å². The molecule has 4 rings (SSSR count). The first-order chi connectivity index (χ1) is 14.6. The smallest absolute Gasteiger partial charge is 0.270 e. The number of amides is 1. The van der Waals surface area contributed by atoms with Gasteiger partial charge in [0, 0.05) is 42.1 Å². The number of piperidine rings is 1. The Hall–Kier alpha value is -2.30. The van der Waals surface area contributed by atoms with Gasteiger partial charge in [0.25, 0.3) is 5.91 Å². The molecule has 1 fully saturated rings. The van der Waals surface area contributed by atoms with E-state index in [1.54, 1.807) is 0 Å². The molecule has 158 valence electrons. The second kappa shape index (κ2) is 9.67. The molecule has 0 spiro atoms. The first-order valence-electron chi connectivity index (χ1n) is 11.0. The lowest BCUT2D eigenvalue weighted by molar-refractivity contribution is 0.0686. The Labute approximate surface area is 183 Å². The Bertz CT molecular complexity index is 948. The van der Waals surface area contributed by atoms with Gasteiger partial charge in [-0.3, -0.25) is 4.79 Å². The van der Waals surface area contributed by atoms with E-state index >= 15 is 0 Å². The van der Waals surface area contributed by atoms with Crippen molar-refractivity contribution in [3.63, 3.8) is 0 Å². The highest BCUT2D eigenvalue weighted by Gasteiger charge is 2.24. The van der Waals surface area contributed by atoms with Gasteiger partial charge in [0.15, 0.2) is 0 Å². The first-order valence-corrected chi connectivity index (χ1v) is 11.3. The van der Waals surface area contributed by atoms with Gasteiger partial charge in [-0.25, -0.2) is 0 Å². The quantitative estimate of drug-likeness (QED) is 0.564. The Morgan fingerprint density at radius 1 is 1.20 bits per heavy atom. The average Bonchev–Trinajstić information content (AvgIpc) is 3.21. The zero-order valence-corrected chi connectivity index (χ0v) is 18.4. The maximum Gasteiger partial charge on any atom is 0.270 e. The van der Waals surface area contributed by atoms with Crippen molar-refractivity contribution in [2.45, 2.75) is 26.2 Å². The van der Waals surface area contributed by atoms with Crippen molar-refractivity contribution in [1.82, 2.24) is 14.8 Å². The summed E-state index contributed by atoms with van der Waals surface area (Å²) in [5.74, 6) is 0.629. The van der Waals surface area contributed by atoms with Gasteiger partial charge in [0.05, 0.1) is 0 Å². The number of nitrogens with one attached hydrogen (secondary N) is 1. The number of likely N-dealkylation sites (tertiary alicyclic amines) is 1. The Balaban J connectivity index is 1.34. The molecule has 0 radical (unpaired) electrons. The summed E-state index contributed by atoms with van der Waals surface area (Å²) in [5.41, 5.74) is 3.03. The van der Waals surface area contributed by atoms with Gasteiger partial charge >= 0.3 is 0 Å². The largest absolute Gasteiger partial charge is 0.351 e. The predicted octanol–water partition coefficient (Wildman–Crippen LogP) is 5.24. The zero-order chi connectivity index (χ0) is 20.9. The summed E-state index contributed by atoms with van der Waals surface area (Å²) in [6.45, 7) is 6.88. The van der Waals surface area contributed by atoms with Gasteiger partial charge in [0.1, 0.15) is 5.69 Å². The van der Waals surface area contributed by atoms with E-state index in [9.17, 15) is 4.79 Å². The van der Waals surface area contributed by atoms with Gasteiger partial charge in [-0.05, 0) is 68.5 Å². The first kappa shape index (κ1) is 21.0. The topological polar surface area (TPSA) is 39.3 Å². The number of H-pyrrole nitrogens is 1. The minimum atomic E-state index is 0.104. The number of hydrogen-bond acceptors (Lipinski definition) is 2. The molecule has 0 bridgehead atoms. The summed E-state index contributed by atoms with van der Waals surface area (Å²) >= 11 is 5.99. The van der Waals surface area contributed by atoms with E-state index in [2.05, 4.69) is 28.9 Å². The standard InChI is InChI=1S/C25H30ClN3O/c1-2-29(25(30)24-16-21-7-3-4-8-23(21)27-24)18-20-6-5-14-28(17-20)15-13-19-9-11-22(26)12-10-19/h3-4,7-12,16,20,27H,2,5-6,13-15,17-18H2,1H3. The van der Waals surface area contributed by atoms with Crippen molar-refractivity contribution in [1.29, 1.82) is 0 Å². The van der Waals surface area contributed by atoms with Crippen LogP contribution in [0.25, 0.3) is 10.9 Å². The SMILES string of the molecule is CCN(CC1CCCN(CCc2ccc(Cl)cc2)C1)C(=O)c1cc2ccccc2[nH]1. The highest BCUT2D eigenvalue weighted by Crippen LogP contribution is 2.21. The predicted molar refractivity (Wildman–Crippen MR) is 124 cm³/mol. The van der Waals surface area contributed by atoms with E-state index in [-0.39, 0.29) is 5.91 Å². The molecule has 3 aromatic rings. The van der Waals surface area contributed by atoms with E-state index < -0.39 is 0 Å². The van der Waals surface area contributed by atoms with Crippen LogP contribution in [-0.4, -0.2) is 53.4 Å². The molecular formula is C25H30ClN3O. The lowest BCUT2D eigenvalue weighted by atomic mass is 9.96. The Morgan fingerprint density at radius 3 is 2.77 bits per heavy atom. The molecule has 0 saturated carbocycles. The summed E-state index contributed by atoms with van der Waals surface area (Å²) in [4.78, 5) is 20.9. The maximum absolute atomic E-state index is 13.1. The number of benzene rings is 2. The van der Waals surface area contributed by atoms with Crippen molar-refractivity contribution in [3.8, 4) is 0 Å². The normalized spacial score (nSPS) is 17.3. The number of aromatic amines is 1. The van der Waals surface area contributed by atoms with Gasteiger partial charge < -0.3 is 14.8 Å². The number of aromatic nitrogens is 1. The fourth-order valence-electron chi connectivity index (χ4n) is 4.47. The average molecular weight is 424 g/mol. The summed E-state index contributed by atoms with van der Waals surface area (Å²) < 4.78 is 0. The third-order valence-electron chi connectivity index (χ3n) is 6.14. The molecule has 1 aliphatic rings. The maximum atomic E-state index is 13.1. The summed E-state index contributed by atoms with van der Waals surface area (Å²) in [5, 5.41) is 1.87. The highest BCUT2D eigenvalue weighted by atomic mass is 35.5. The number of rotatable bonds is 7. The lowest BCUT2D eigenvalue weighted by Gasteiger charge is -2.35. The van der Waals surface area contributed by atoms with Gasteiger partial charge in [-0.1, -0.05) is 41.9 Å². The molecule has 1 N–H and O–H groups in total. The van der Waals surface area contributed by atoms with Crippen LogP contribution in [0, 0.1) is 5.92 Å². The van der Waals surface area contributed by atoms with E-state index in [4.69, 9.17) is 11.6 Å². The number of carbonyl (C=O) groups is 1. The van der Waals surface area contributed by atoms with E-state index in [0.29, 0.717) is 11.6 Å². The number of para-hydroxylation sites is 1. The molecule has 1 saturated heterocycles. The van der Waals surface area contributed by atoms with Crippen LogP contribution in [0.3, 0.4) is 0 Å². The molecular weight excluding hydrogens is 394 g/mol. The van der Waals surface area contributed by atoms with Crippen LogP contribution in [0.5, 0.6) is 0 Å². The van der Waals surface area contributed by atoms with E-state index in [1.165, 1.54) is 18.4 Å². The molecule has 1 aromatic heterocycles. The molecule has 1 aliphatic heterocycles. The third-order valence-corrected chi connectivity index (χ3v) is 6.39.